The van der Waals surface area contributed by atoms with E-state index in [-0.39, 0.29) is 12.1 Å². The molecule has 1 unspecified atom stereocenters. The van der Waals surface area contributed by atoms with Crippen molar-refractivity contribution in [3.05, 3.63) is 35.9 Å². The van der Waals surface area contributed by atoms with Crippen molar-refractivity contribution in [1.82, 2.24) is 20.1 Å². The fraction of sp³-hybridized carbons (Fsp3) is 0.500. The van der Waals surface area contributed by atoms with Gasteiger partial charge >= 0.3 is 6.03 Å². The molecule has 2 amide bonds. The smallest absolute Gasteiger partial charge is 0.319 e. The summed E-state index contributed by atoms with van der Waals surface area (Å²) in [6, 6.07) is 7.07. The monoisotopic (exact) mass is 343 g/mol. The fourth-order valence-corrected chi connectivity index (χ4v) is 2.89. The minimum absolute atomic E-state index is 0.110. The van der Waals surface area contributed by atoms with Gasteiger partial charge in [-0.25, -0.2) is 14.5 Å². The summed E-state index contributed by atoms with van der Waals surface area (Å²) in [7, 11) is 0. The largest absolute Gasteiger partial charge is 0.494 e. The van der Waals surface area contributed by atoms with Crippen LogP contribution in [0.4, 0.5) is 10.5 Å². The highest BCUT2D eigenvalue weighted by molar-refractivity contribution is 5.89. The molecule has 0 saturated heterocycles. The molecular weight excluding hydrogens is 318 g/mol. The van der Waals surface area contributed by atoms with E-state index in [0.717, 1.165) is 49.6 Å². The van der Waals surface area contributed by atoms with E-state index in [2.05, 4.69) is 27.6 Å². The Labute approximate surface area is 147 Å². The number of anilines is 1. The number of nitrogens with zero attached hydrogens (tertiary/aromatic N) is 3. The van der Waals surface area contributed by atoms with Gasteiger partial charge in [-0.15, -0.1) is 0 Å². The molecule has 0 bridgehead atoms. The van der Waals surface area contributed by atoms with Crippen molar-refractivity contribution in [3.8, 4) is 5.75 Å². The number of aromatic nitrogens is 3. The summed E-state index contributed by atoms with van der Waals surface area (Å²) >= 11 is 0. The lowest BCUT2D eigenvalue weighted by molar-refractivity contribution is 0.244. The van der Waals surface area contributed by atoms with Crippen LogP contribution in [0, 0.1) is 0 Å². The van der Waals surface area contributed by atoms with E-state index < -0.39 is 0 Å². The third-order valence-corrected chi connectivity index (χ3v) is 4.10. The van der Waals surface area contributed by atoms with Crippen LogP contribution in [0.5, 0.6) is 5.75 Å². The number of urea groups is 1. The molecule has 1 aromatic heterocycles. The average Bonchev–Trinajstić information content (AvgIpc) is 3.04. The molecule has 2 N–H and O–H groups in total. The second-order valence-corrected chi connectivity index (χ2v) is 6.13. The standard InChI is InChI=1S/C18H25N5O2/c1-3-11-25-14-8-5-7-13(12-14)19-18(24)20-15-9-6-10-23-17(15)21-16(4-2)22-23/h5,7-8,12,15H,3-4,6,9-11H2,1-2H3,(H2,19,20,24). The molecule has 1 atom stereocenters. The Bertz CT molecular complexity index is 728. The van der Waals surface area contributed by atoms with Crippen LogP contribution < -0.4 is 15.4 Å². The zero-order valence-corrected chi connectivity index (χ0v) is 14.8. The van der Waals surface area contributed by atoms with E-state index >= 15 is 0 Å². The zero-order valence-electron chi connectivity index (χ0n) is 14.8. The first kappa shape index (κ1) is 17.3. The van der Waals surface area contributed by atoms with E-state index in [1.807, 2.05) is 35.9 Å². The van der Waals surface area contributed by atoms with Crippen LogP contribution in [0.3, 0.4) is 0 Å². The Morgan fingerprint density at radius 1 is 1.40 bits per heavy atom. The average molecular weight is 343 g/mol. The molecule has 2 aromatic rings. The number of ether oxygens (including phenoxy) is 1. The molecule has 7 heteroatoms. The molecule has 0 spiro atoms. The van der Waals surface area contributed by atoms with Gasteiger partial charge in [0.1, 0.15) is 11.6 Å². The van der Waals surface area contributed by atoms with Gasteiger partial charge < -0.3 is 15.4 Å². The fourth-order valence-electron chi connectivity index (χ4n) is 2.89. The first-order valence-corrected chi connectivity index (χ1v) is 8.93. The Morgan fingerprint density at radius 3 is 3.08 bits per heavy atom. The summed E-state index contributed by atoms with van der Waals surface area (Å²) in [5.74, 6) is 2.42. The number of hydrogen-bond acceptors (Lipinski definition) is 4. The van der Waals surface area contributed by atoms with E-state index in [4.69, 9.17) is 4.74 Å². The lowest BCUT2D eigenvalue weighted by Crippen LogP contribution is -2.36. The number of carbonyl (C=O) groups is 1. The van der Waals surface area contributed by atoms with Gasteiger partial charge in [0.05, 0.1) is 12.6 Å². The topological polar surface area (TPSA) is 81.1 Å². The van der Waals surface area contributed by atoms with Gasteiger partial charge in [0, 0.05) is 24.7 Å². The molecule has 1 aliphatic heterocycles. The molecular formula is C18H25N5O2. The van der Waals surface area contributed by atoms with E-state index in [1.165, 1.54) is 0 Å². The Hall–Kier alpha value is -2.57. The lowest BCUT2D eigenvalue weighted by atomic mass is 10.1. The van der Waals surface area contributed by atoms with Crippen molar-refractivity contribution in [2.75, 3.05) is 11.9 Å². The maximum absolute atomic E-state index is 12.4. The van der Waals surface area contributed by atoms with Crippen LogP contribution in [-0.2, 0) is 13.0 Å². The molecule has 0 fully saturated rings. The van der Waals surface area contributed by atoms with Crippen LogP contribution in [0.2, 0.25) is 0 Å². The highest BCUT2D eigenvalue weighted by Gasteiger charge is 2.25. The van der Waals surface area contributed by atoms with Gasteiger partial charge in [0.25, 0.3) is 0 Å². The van der Waals surface area contributed by atoms with Crippen molar-refractivity contribution >= 4 is 11.7 Å². The molecule has 1 aromatic carbocycles. The van der Waals surface area contributed by atoms with E-state index in [1.54, 1.807) is 0 Å². The van der Waals surface area contributed by atoms with Crippen LogP contribution in [0.1, 0.15) is 50.8 Å². The second-order valence-electron chi connectivity index (χ2n) is 6.13. The van der Waals surface area contributed by atoms with Crippen LogP contribution in [0.25, 0.3) is 0 Å². The van der Waals surface area contributed by atoms with Gasteiger partial charge in [0.15, 0.2) is 5.82 Å². The van der Waals surface area contributed by atoms with Crippen molar-refractivity contribution in [1.29, 1.82) is 0 Å². The highest BCUT2D eigenvalue weighted by Crippen LogP contribution is 2.24. The van der Waals surface area contributed by atoms with E-state index in [9.17, 15) is 4.79 Å². The van der Waals surface area contributed by atoms with Gasteiger partial charge in [-0.05, 0) is 31.4 Å². The summed E-state index contributed by atoms with van der Waals surface area (Å²) in [6.07, 6.45) is 3.59. The van der Waals surface area contributed by atoms with E-state index in [0.29, 0.717) is 12.3 Å². The van der Waals surface area contributed by atoms with Crippen LogP contribution >= 0.6 is 0 Å². The molecule has 0 saturated carbocycles. The summed E-state index contributed by atoms with van der Waals surface area (Å²) in [5, 5.41) is 10.3. The maximum Gasteiger partial charge on any atom is 0.319 e. The molecule has 1 aliphatic rings. The van der Waals surface area contributed by atoms with Crippen molar-refractivity contribution in [2.45, 2.75) is 52.1 Å². The SMILES string of the molecule is CCCOc1cccc(NC(=O)NC2CCCn3nc(CC)nc32)c1. The third-order valence-electron chi connectivity index (χ3n) is 4.10. The molecule has 0 radical (unpaired) electrons. The van der Waals surface area contributed by atoms with Crippen molar-refractivity contribution < 1.29 is 9.53 Å². The summed E-state index contributed by atoms with van der Waals surface area (Å²) in [5.41, 5.74) is 0.706. The second kappa shape index (κ2) is 8.00. The molecule has 25 heavy (non-hydrogen) atoms. The quantitative estimate of drug-likeness (QED) is 0.843. The van der Waals surface area contributed by atoms with Crippen LogP contribution in [0.15, 0.2) is 24.3 Å². The van der Waals surface area contributed by atoms with Crippen molar-refractivity contribution in [2.24, 2.45) is 0 Å². The Kier molecular flexibility index (Phi) is 5.53. The number of amides is 2. The summed E-state index contributed by atoms with van der Waals surface area (Å²) in [4.78, 5) is 16.9. The molecule has 3 rings (SSSR count). The highest BCUT2D eigenvalue weighted by atomic mass is 16.5. The maximum atomic E-state index is 12.4. The summed E-state index contributed by atoms with van der Waals surface area (Å²) < 4.78 is 7.50. The molecule has 0 aliphatic carbocycles. The first-order valence-electron chi connectivity index (χ1n) is 8.93. The number of benzene rings is 1. The number of fused-ring (bicyclic) bond motifs is 1. The normalized spacial score (nSPS) is 16.2. The Morgan fingerprint density at radius 2 is 2.28 bits per heavy atom. The summed E-state index contributed by atoms with van der Waals surface area (Å²) in [6.45, 7) is 5.61. The molecule has 7 nitrogen and oxygen atoms in total. The molecule has 2 heterocycles. The molecule has 134 valence electrons. The lowest BCUT2D eigenvalue weighted by Gasteiger charge is -2.23. The first-order chi connectivity index (χ1) is 12.2. The predicted molar refractivity (Wildman–Crippen MR) is 95.8 cm³/mol. The minimum Gasteiger partial charge on any atom is -0.494 e. The number of hydrogen-bond donors (Lipinski definition) is 2. The van der Waals surface area contributed by atoms with Gasteiger partial charge in [-0.2, -0.15) is 5.10 Å². The number of carbonyl (C=O) groups excluding carboxylic acids is 1. The third kappa shape index (κ3) is 4.29. The number of nitrogens with one attached hydrogen (secondary N) is 2. The van der Waals surface area contributed by atoms with Gasteiger partial charge in [0.2, 0.25) is 0 Å². The van der Waals surface area contributed by atoms with Crippen LogP contribution in [-0.4, -0.2) is 27.4 Å². The predicted octanol–water partition coefficient (Wildman–Crippen LogP) is 3.29. The number of rotatable bonds is 6. The van der Waals surface area contributed by atoms with Crippen molar-refractivity contribution in [3.63, 3.8) is 0 Å². The number of aryl methyl sites for hydroxylation is 2. The Balaban J connectivity index is 1.63. The minimum atomic E-state index is -0.243. The van der Waals surface area contributed by atoms with Gasteiger partial charge in [-0.1, -0.05) is 19.9 Å². The zero-order chi connectivity index (χ0) is 17.6. The van der Waals surface area contributed by atoms with Gasteiger partial charge in [-0.3, -0.25) is 0 Å².